The average molecular weight is 283 g/mol. The van der Waals surface area contributed by atoms with Crippen LogP contribution in [0.15, 0.2) is 11.6 Å². The third-order valence-corrected chi connectivity index (χ3v) is 3.64. The van der Waals surface area contributed by atoms with Gasteiger partial charge < -0.3 is 5.32 Å². The molecule has 2 N–H and O–H groups in total. The van der Waals surface area contributed by atoms with E-state index in [0.29, 0.717) is 17.6 Å². The third-order valence-electron chi connectivity index (χ3n) is 2.95. The van der Waals surface area contributed by atoms with Gasteiger partial charge in [0.25, 0.3) is 0 Å². The SMILES string of the molecule is CCCCC(CC)CNC(=O)C(=O)Nc1nccs1. The maximum Gasteiger partial charge on any atom is 0.315 e. The molecule has 0 aliphatic rings. The number of hydrogen-bond donors (Lipinski definition) is 2. The van der Waals surface area contributed by atoms with Crippen LogP contribution in [0.1, 0.15) is 39.5 Å². The van der Waals surface area contributed by atoms with E-state index >= 15 is 0 Å². The van der Waals surface area contributed by atoms with Crippen molar-refractivity contribution >= 4 is 28.3 Å². The number of carbonyl (C=O) groups is 2. The highest BCUT2D eigenvalue weighted by Gasteiger charge is 2.16. The smallest absolute Gasteiger partial charge is 0.315 e. The Morgan fingerprint density at radius 1 is 1.37 bits per heavy atom. The summed E-state index contributed by atoms with van der Waals surface area (Å²) in [6.45, 7) is 4.80. The molecule has 1 rings (SSSR count). The molecule has 5 nitrogen and oxygen atoms in total. The largest absolute Gasteiger partial charge is 0.348 e. The first-order valence-electron chi connectivity index (χ1n) is 6.66. The number of unbranched alkanes of at least 4 members (excludes halogenated alkanes) is 1. The molecule has 1 atom stereocenters. The number of nitrogens with zero attached hydrogens (tertiary/aromatic N) is 1. The van der Waals surface area contributed by atoms with Gasteiger partial charge in [-0.15, -0.1) is 11.3 Å². The molecular formula is C13H21N3O2S. The first-order valence-corrected chi connectivity index (χ1v) is 7.54. The normalized spacial score (nSPS) is 11.9. The van der Waals surface area contributed by atoms with Gasteiger partial charge in [0.2, 0.25) is 0 Å². The topological polar surface area (TPSA) is 71.1 Å². The number of thiazole rings is 1. The minimum atomic E-state index is -0.653. The Bertz CT molecular complexity index is 393. The molecule has 1 heterocycles. The fourth-order valence-electron chi connectivity index (χ4n) is 1.70. The van der Waals surface area contributed by atoms with E-state index in [1.54, 1.807) is 11.6 Å². The predicted molar refractivity (Wildman–Crippen MR) is 77.1 cm³/mol. The predicted octanol–water partition coefficient (Wildman–Crippen LogP) is 2.41. The zero-order chi connectivity index (χ0) is 14.1. The van der Waals surface area contributed by atoms with Crippen LogP contribution in [-0.4, -0.2) is 23.3 Å². The number of nitrogens with one attached hydrogen (secondary N) is 2. The van der Waals surface area contributed by atoms with E-state index in [1.807, 2.05) is 0 Å². The summed E-state index contributed by atoms with van der Waals surface area (Å²) in [7, 11) is 0. The van der Waals surface area contributed by atoms with Crippen LogP contribution < -0.4 is 10.6 Å². The monoisotopic (exact) mass is 283 g/mol. The summed E-state index contributed by atoms with van der Waals surface area (Å²) in [5.41, 5.74) is 0. The Morgan fingerprint density at radius 2 is 2.16 bits per heavy atom. The van der Waals surface area contributed by atoms with Gasteiger partial charge in [-0.05, 0) is 12.3 Å². The molecule has 0 bridgehead atoms. The molecule has 1 aromatic rings. The fraction of sp³-hybridized carbons (Fsp3) is 0.615. The Hall–Kier alpha value is -1.43. The maximum atomic E-state index is 11.6. The molecule has 1 unspecified atom stereocenters. The Balaban J connectivity index is 2.31. The van der Waals surface area contributed by atoms with Gasteiger partial charge in [-0.25, -0.2) is 4.98 Å². The van der Waals surface area contributed by atoms with Crippen molar-refractivity contribution in [2.24, 2.45) is 5.92 Å². The van der Waals surface area contributed by atoms with Crippen molar-refractivity contribution in [1.29, 1.82) is 0 Å². The van der Waals surface area contributed by atoms with E-state index in [9.17, 15) is 9.59 Å². The number of anilines is 1. The molecule has 0 fully saturated rings. The van der Waals surface area contributed by atoms with Gasteiger partial charge >= 0.3 is 11.8 Å². The first-order chi connectivity index (χ1) is 9.17. The molecule has 106 valence electrons. The number of hydrogen-bond acceptors (Lipinski definition) is 4. The van der Waals surface area contributed by atoms with E-state index < -0.39 is 11.8 Å². The standard InChI is InChI=1S/C13H21N3O2S/c1-3-5-6-10(4-2)9-15-11(17)12(18)16-13-14-7-8-19-13/h7-8,10H,3-6,9H2,1-2H3,(H,15,17)(H,14,16,18). The lowest BCUT2D eigenvalue weighted by Crippen LogP contribution is -2.38. The van der Waals surface area contributed by atoms with Crippen LogP contribution in [0.4, 0.5) is 5.13 Å². The molecule has 0 aliphatic heterocycles. The van der Waals surface area contributed by atoms with Crippen LogP contribution in [0.5, 0.6) is 0 Å². The quantitative estimate of drug-likeness (QED) is 0.755. The van der Waals surface area contributed by atoms with Gasteiger partial charge in [-0.1, -0.05) is 33.1 Å². The highest BCUT2D eigenvalue weighted by Crippen LogP contribution is 2.12. The first kappa shape index (κ1) is 15.6. The molecule has 0 radical (unpaired) electrons. The van der Waals surface area contributed by atoms with E-state index in [4.69, 9.17) is 0 Å². The highest BCUT2D eigenvalue weighted by atomic mass is 32.1. The van der Waals surface area contributed by atoms with Crippen LogP contribution in [0, 0.1) is 5.92 Å². The van der Waals surface area contributed by atoms with Crippen LogP contribution >= 0.6 is 11.3 Å². The summed E-state index contributed by atoms with van der Waals surface area (Å²) in [5.74, 6) is -0.804. The van der Waals surface area contributed by atoms with Gasteiger partial charge in [-0.3, -0.25) is 14.9 Å². The van der Waals surface area contributed by atoms with Gasteiger partial charge in [-0.2, -0.15) is 0 Å². The zero-order valence-electron chi connectivity index (χ0n) is 11.4. The Morgan fingerprint density at radius 3 is 2.74 bits per heavy atom. The second-order valence-corrected chi connectivity index (χ2v) is 5.31. The molecule has 0 saturated heterocycles. The second kappa shape index (κ2) is 8.63. The Kier molecular flexibility index (Phi) is 7.10. The number of aromatic nitrogens is 1. The molecule has 19 heavy (non-hydrogen) atoms. The van der Waals surface area contributed by atoms with Crippen LogP contribution in [0.25, 0.3) is 0 Å². The summed E-state index contributed by atoms with van der Waals surface area (Å²) in [4.78, 5) is 27.1. The van der Waals surface area contributed by atoms with Crippen molar-refractivity contribution in [2.45, 2.75) is 39.5 Å². The minimum absolute atomic E-state index is 0.441. The maximum absolute atomic E-state index is 11.6. The third kappa shape index (κ3) is 5.83. The molecule has 1 aromatic heterocycles. The van der Waals surface area contributed by atoms with Crippen molar-refractivity contribution in [2.75, 3.05) is 11.9 Å². The lowest BCUT2D eigenvalue weighted by Gasteiger charge is -2.14. The number of rotatable bonds is 7. The molecule has 0 spiro atoms. The van der Waals surface area contributed by atoms with E-state index in [0.717, 1.165) is 25.7 Å². The molecule has 0 aliphatic carbocycles. The lowest BCUT2D eigenvalue weighted by atomic mass is 9.99. The van der Waals surface area contributed by atoms with Crippen molar-refractivity contribution in [3.8, 4) is 0 Å². The van der Waals surface area contributed by atoms with Gasteiger partial charge in [0.1, 0.15) is 0 Å². The number of amides is 2. The summed E-state index contributed by atoms with van der Waals surface area (Å²) >= 11 is 1.29. The van der Waals surface area contributed by atoms with Crippen LogP contribution in [-0.2, 0) is 9.59 Å². The van der Waals surface area contributed by atoms with E-state index in [-0.39, 0.29) is 0 Å². The van der Waals surface area contributed by atoms with Crippen LogP contribution in [0.2, 0.25) is 0 Å². The average Bonchev–Trinajstić information content (AvgIpc) is 2.91. The minimum Gasteiger partial charge on any atom is -0.348 e. The van der Waals surface area contributed by atoms with Gasteiger partial charge in [0.05, 0.1) is 0 Å². The van der Waals surface area contributed by atoms with E-state index in [2.05, 4.69) is 29.5 Å². The highest BCUT2D eigenvalue weighted by molar-refractivity contribution is 7.13. The van der Waals surface area contributed by atoms with Crippen molar-refractivity contribution in [3.63, 3.8) is 0 Å². The summed E-state index contributed by atoms with van der Waals surface area (Å²) in [6, 6.07) is 0. The summed E-state index contributed by atoms with van der Waals surface area (Å²) < 4.78 is 0. The van der Waals surface area contributed by atoms with Gasteiger partial charge in [0, 0.05) is 18.1 Å². The second-order valence-electron chi connectivity index (χ2n) is 4.42. The lowest BCUT2D eigenvalue weighted by molar-refractivity contribution is -0.136. The van der Waals surface area contributed by atoms with Crippen LogP contribution in [0.3, 0.4) is 0 Å². The Labute approximate surface area is 117 Å². The molecule has 6 heteroatoms. The van der Waals surface area contributed by atoms with Crippen molar-refractivity contribution < 1.29 is 9.59 Å². The molecule has 2 amide bonds. The van der Waals surface area contributed by atoms with Gasteiger partial charge in [0.15, 0.2) is 5.13 Å². The summed E-state index contributed by atoms with van der Waals surface area (Å²) in [6.07, 6.45) is 5.97. The van der Waals surface area contributed by atoms with Crippen molar-refractivity contribution in [3.05, 3.63) is 11.6 Å². The number of carbonyl (C=O) groups excluding carboxylic acids is 2. The summed E-state index contributed by atoms with van der Waals surface area (Å²) in [5, 5.41) is 7.33. The van der Waals surface area contributed by atoms with E-state index in [1.165, 1.54) is 11.3 Å². The molecule has 0 aromatic carbocycles. The zero-order valence-corrected chi connectivity index (χ0v) is 12.3. The van der Waals surface area contributed by atoms with Crippen molar-refractivity contribution in [1.82, 2.24) is 10.3 Å². The molecule has 0 saturated carbocycles. The molecular weight excluding hydrogens is 262 g/mol. The fourth-order valence-corrected chi connectivity index (χ4v) is 2.22.